The molecule has 0 aliphatic rings. The maximum atomic E-state index is 13.0. The second kappa shape index (κ2) is 8.22. The predicted molar refractivity (Wildman–Crippen MR) is 113 cm³/mol. The standard InChI is InChI=1S/C20H19N5O2S2/c1-11(2)15(19-24-17(25-27-19)13-6-4-8-21-10-13)23-18(26)16-12(3)22-20(29-16)14-7-5-9-28-14/h4-11,15H,1-3H3,(H,23,26). The highest BCUT2D eigenvalue weighted by atomic mass is 32.1. The van der Waals surface area contributed by atoms with E-state index in [2.05, 4.69) is 25.4 Å². The number of thiazole rings is 1. The monoisotopic (exact) mass is 425 g/mol. The number of aryl methyl sites for hydroxylation is 1. The molecule has 4 aromatic rings. The van der Waals surface area contributed by atoms with Gasteiger partial charge in [-0.1, -0.05) is 25.1 Å². The molecule has 1 unspecified atom stereocenters. The summed E-state index contributed by atoms with van der Waals surface area (Å²) >= 11 is 2.99. The summed E-state index contributed by atoms with van der Waals surface area (Å²) < 4.78 is 5.46. The smallest absolute Gasteiger partial charge is 0.263 e. The van der Waals surface area contributed by atoms with Crippen LogP contribution in [-0.2, 0) is 0 Å². The summed E-state index contributed by atoms with van der Waals surface area (Å²) in [6.45, 7) is 5.84. The lowest BCUT2D eigenvalue weighted by molar-refractivity contribution is 0.0917. The Bertz CT molecular complexity index is 1100. The lowest BCUT2D eigenvalue weighted by atomic mass is 10.0. The summed E-state index contributed by atoms with van der Waals surface area (Å²) in [4.78, 5) is 27.7. The zero-order valence-corrected chi connectivity index (χ0v) is 17.8. The molecule has 0 aliphatic carbocycles. The Hall–Kier alpha value is -2.91. The van der Waals surface area contributed by atoms with E-state index in [-0.39, 0.29) is 11.8 Å². The highest BCUT2D eigenvalue weighted by Gasteiger charge is 2.27. The minimum absolute atomic E-state index is 0.0612. The fraction of sp³-hybridized carbons (Fsp3) is 0.250. The van der Waals surface area contributed by atoms with E-state index in [1.54, 1.807) is 23.7 Å². The Balaban J connectivity index is 1.56. The Morgan fingerprint density at radius 3 is 2.76 bits per heavy atom. The van der Waals surface area contributed by atoms with E-state index in [1.807, 2.05) is 50.4 Å². The number of nitrogens with one attached hydrogen (secondary N) is 1. The highest BCUT2D eigenvalue weighted by Crippen LogP contribution is 2.32. The number of hydrogen-bond acceptors (Lipinski definition) is 8. The fourth-order valence-electron chi connectivity index (χ4n) is 2.81. The van der Waals surface area contributed by atoms with Crippen molar-refractivity contribution in [3.05, 3.63) is 58.5 Å². The third-order valence-electron chi connectivity index (χ3n) is 4.32. The second-order valence-corrected chi connectivity index (χ2v) is 8.75. The van der Waals surface area contributed by atoms with Crippen LogP contribution >= 0.6 is 22.7 Å². The van der Waals surface area contributed by atoms with Crippen LogP contribution in [0.2, 0.25) is 0 Å². The minimum atomic E-state index is -0.410. The summed E-state index contributed by atoms with van der Waals surface area (Å²) in [7, 11) is 0. The molecule has 0 bridgehead atoms. The van der Waals surface area contributed by atoms with Crippen LogP contribution in [0.25, 0.3) is 21.3 Å². The van der Waals surface area contributed by atoms with Gasteiger partial charge in [0.25, 0.3) is 5.91 Å². The molecule has 0 aromatic carbocycles. The van der Waals surface area contributed by atoms with Crippen LogP contribution in [0.3, 0.4) is 0 Å². The van der Waals surface area contributed by atoms with E-state index >= 15 is 0 Å². The first-order chi connectivity index (χ1) is 14.0. The van der Waals surface area contributed by atoms with Gasteiger partial charge in [-0.15, -0.1) is 22.7 Å². The van der Waals surface area contributed by atoms with E-state index in [0.29, 0.717) is 22.3 Å². The third kappa shape index (κ3) is 4.10. The number of aromatic nitrogens is 4. The van der Waals surface area contributed by atoms with Crippen molar-refractivity contribution in [2.24, 2.45) is 5.92 Å². The fourth-order valence-corrected chi connectivity index (χ4v) is 4.57. The topological polar surface area (TPSA) is 93.8 Å². The number of thiophene rings is 1. The average molecular weight is 426 g/mol. The van der Waals surface area contributed by atoms with Gasteiger partial charge in [0.05, 0.1) is 10.6 Å². The zero-order valence-electron chi connectivity index (χ0n) is 16.1. The van der Waals surface area contributed by atoms with E-state index in [0.717, 1.165) is 15.4 Å². The summed E-state index contributed by atoms with van der Waals surface area (Å²) in [6.07, 6.45) is 3.36. The molecule has 4 heterocycles. The molecule has 7 nitrogen and oxygen atoms in total. The number of rotatable bonds is 6. The van der Waals surface area contributed by atoms with Crippen molar-refractivity contribution in [3.8, 4) is 21.3 Å². The van der Waals surface area contributed by atoms with Crippen molar-refractivity contribution in [3.63, 3.8) is 0 Å². The van der Waals surface area contributed by atoms with E-state index in [9.17, 15) is 4.79 Å². The van der Waals surface area contributed by atoms with Crippen molar-refractivity contribution >= 4 is 28.6 Å². The number of amides is 1. The number of nitrogens with zero attached hydrogens (tertiary/aromatic N) is 4. The van der Waals surface area contributed by atoms with Gasteiger partial charge in [0, 0.05) is 18.0 Å². The molecule has 0 aliphatic heterocycles. The summed E-state index contributed by atoms with van der Waals surface area (Å²) in [5.41, 5.74) is 1.47. The Kier molecular flexibility index (Phi) is 5.50. The van der Waals surface area contributed by atoms with Gasteiger partial charge in [0.2, 0.25) is 11.7 Å². The molecule has 1 atom stereocenters. The second-order valence-electron chi connectivity index (χ2n) is 6.80. The van der Waals surface area contributed by atoms with Crippen LogP contribution in [0.1, 0.15) is 41.1 Å². The molecule has 9 heteroatoms. The lowest BCUT2D eigenvalue weighted by Crippen LogP contribution is -2.32. The summed E-state index contributed by atoms with van der Waals surface area (Å²) in [5.74, 6) is 0.684. The molecule has 0 saturated heterocycles. The predicted octanol–water partition coefficient (Wildman–Crippen LogP) is 4.75. The summed E-state index contributed by atoms with van der Waals surface area (Å²) in [5, 5.41) is 9.92. The van der Waals surface area contributed by atoms with Crippen LogP contribution in [0, 0.1) is 12.8 Å². The molecular formula is C20H19N5O2S2. The van der Waals surface area contributed by atoms with Gasteiger partial charge in [-0.3, -0.25) is 9.78 Å². The molecule has 148 valence electrons. The maximum absolute atomic E-state index is 13.0. The van der Waals surface area contributed by atoms with E-state index < -0.39 is 6.04 Å². The molecule has 0 spiro atoms. The third-order valence-corrected chi connectivity index (χ3v) is 6.51. The van der Waals surface area contributed by atoms with Crippen LogP contribution in [-0.4, -0.2) is 26.0 Å². The van der Waals surface area contributed by atoms with E-state index in [1.165, 1.54) is 11.3 Å². The molecule has 4 rings (SSSR count). The van der Waals surface area contributed by atoms with Crippen molar-refractivity contribution in [2.45, 2.75) is 26.8 Å². The van der Waals surface area contributed by atoms with Crippen LogP contribution < -0.4 is 5.32 Å². The minimum Gasteiger partial charge on any atom is -0.339 e. The largest absolute Gasteiger partial charge is 0.339 e. The van der Waals surface area contributed by atoms with Gasteiger partial charge in [-0.25, -0.2) is 4.98 Å². The Labute approximate surface area is 175 Å². The van der Waals surface area contributed by atoms with Gasteiger partial charge >= 0.3 is 0 Å². The first-order valence-electron chi connectivity index (χ1n) is 9.09. The molecule has 0 radical (unpaired) electrons. The first kappa shape index (κ1) is 19.4. The molecule has 0 fully saturated rings. The average Bonchev–Trinajstić information content (AvgIpc) is 3.46. The SMILES string of the molecule is Cc1nc(-c2cccs2)sc1C(=O)NC(c1nc(-c2cccnc2)no1)C(C)C. The molecular weight excluding hydrogens is 406 g/mol. The maximum Gasteiger partial charge on any atom is 0.263 e. The molecule has 1 N–H and O–H groups in total. The van der Waals surface area contributed by atoms with Crippen molar-refractivity contribution in [2.75, 3.05) is 0 Å². The molecule has 29 heavy (non-hydrogen) atoms. The van der Waals surface area contributed by atoms with Crippen LogP contribution in [0.5, 0.6) is 0 Å². The summed E-state index contributed by atoms with van der Waals surface area (Å²) in [6, 6.07) is 7.23. The molecule has 4 aromatic heterocycles. The quantitative estimate of drug-likeness (QED) is 0.479. The van der Waals surface area contributed by atoms with Gasteiger partial charge in [0.15, 0.2) is 0 Å². The zero-order chi connectivity index (χ0) is 20.4. The normalized spacial score (nSPS) is 12.3. The Morgan fingerprint density at radius 1 is 1.21 bits per heavy atom. The van der Waals surface area contributed by atoms with Crippen molar-refractivity contribution in [1.29, 1.82) is 0 Å². The first-order valence-corrected chi connectivity index (χ1v) is 10.8. The Morgan fingerprint density at radius 2 is 2.07 bits per heavy atom. The van der Waals surface area contributed by atoms with Crippen molar-refractivity contribution in [1.82, 2.24) is 25.4 Å². The van der Waals surface area contributed by atoms with Gasteiger partial charge in [-0.05, 0) is 36.4 Å². The highest BCUT2D eigenvalue weighted by molar-refractivity contribution is 7.22. The van der Waals surface area contributed by atoms with Gasteiger partial charge in [0.1, 0.15) is 15.9 Å². The molecule has 0 saturated carbocycles. The lowest BCUT2D eigenvalue weighted by Gasteiger charge is -2.18. The van der Waals surface area contributed by atoms with Gasteiger partial charge < -0.3 is 9.84 Å². The number of hydrogen-bond donors (Lipinski definition) is 1. The van der Waals surface area contributed by atoms with Crippen molar-refractivity contribution < 1.29 is 9.32 Å². The number of carbonyl (C=O) groups is 1. The number of carbonyl (C=O) groups excluding carboxylic acids is 1. The van der Waals surface area contributed by atoms with Gasteiger partial charge in [-0.2, -0.15) is 4.98 Å². The van der Waals surface area contributed by atoms with Crippen LogP contribution in [0.4, 0.5) is 0 Å². The van der Waals surface area contributed by atoms with E-state index in [4.69, 9.17) is 4.52 Å². The molecule has 1 amide bonds. The number of pyridine rings is 1. The van der Waals surface area contributed by atoms with Crippen LogP contribution in [0.15, 0.2) is 46.6 Å².